The third-order valence-electron chi connectivity index (χ3n) is 2.96. The van der Waals surface area contributed by atoms with Gasteiger partial charge in [-0.2, -0.15) is 0 Å². The Morgan fingerprint density at radius 2 is 1.11 bits per heavy atom. The molecule has 0 amide bonds. The van der Waals surface area contributed by atoms with E-state index in [9.17, 15) is 10.2 Å². The normalized spacial score (nSPS) is 10.7. The highest BCUT2D eigenvalue weighted by Gasteiger charge is 2.13. The maximum atomic E-state index is 9.48. The summed E-state index contributed by atoms with van der Waals surface area (Å²) in [6.07, 6.45) is 0. The molecule has 0 aromatic heterocycles. The predicted molar refractivity (Wildman–Crippen MR) is 82.4 cm³/mol. The Balaban J connectivity index is 2.76. The van der Waals surface area contributed by atoms with Crippen molar-refractivity contribution in [2.45, 2.75) is 13.2 Å². The fraction of sp³-hybridized carbons (Fsp3) is 0.143. The molecule has 2 atom stereocenters. The Morgan fingerprint density at radius 3 is 1.44 bits per heavy atom. The first-order valence-corrected chi connectivity index (χ1v) is 6.81. The maximum absolute atomic E-state index is 9.48. The Kier molecular flexibility index (Phi) is 4.48. The molecule has 2 rings (SSSR count). The average Bonchev–Trinajstić information content (AvgIpc) is 2.38. The maximum Gasteiger partial charge on any atom is 0.0688 e. The van der Waals surface area contributed by atoms with Crippen molar-refractivity contribution in [2.75, 3.05) is 0 Å². The Labute approximate surface area is 111 Å². The van der Waals surface area contributed by atoms with Crippen LogP contribution >= 0.6 is 18.5 Å². The summed E-state index contributed by atoms with van der Waals surface area (Å²) < 4.78 is 0. The van der Waals surface area contributed by atoms with Crippen molar-refractivity contribution in [3.05, 3.63) is 47.5 Å². The zero-order valence-corrected chi connectivity index (χ0v) is 12.2. The molecule has 2 nitrogen and oxygen atoms in total. The molecule has 0 heterocycles. The van der Waals surface area contributed by atoms with E-state index in [1.165, 1.54) is 0 Å². The largest absolute Gasteiger partial charge is 0.392 e. The molecule has 0 radical (unpaired) electrons. The summed E-state index contributed by atoms with van der Waals surface area (Å²) in [5.41, 5.74) is 3.71. The predicted octanol–water partition coefficient (Wildman–Crippen LogP) is 1.34. The number of benzene rings is 2. The quantitative estimate of drug-likeness (QED) is 0.832. The van der Waals surface area contributed by atoms with Gasteiger partial charge in [0.25, 0.3) is 0 Å². The van der Waals surface area contributed by atoms with Crippen LogP contribution in [0.3, 0.4) is 0 Å². The molecule has 2 N–H and O–H groups in total. The van der Waals surface area contributed by atoms with Gasteiger partial charge in [-0.3, -0.25) is 0 Å². The molecule has 0 aliphatic rings. The molecule has 4 heteroatoms. The van der Waals surface area contributed by atoms with Crippen molar-refractivity contribution in [1.82, 2.24) is 0 Å². The molecule has 0 aliphatic heterocycles. The summed E-state index contributed by atoms with van der Waals surface area (Å²) in [6.45, 7) is -0.0249. The van der Waals surface area contributed by atoms with E-state index in [1.807, 2.05) is 36.4 Å². The monoisotopic (exact) mass is 278 g/mol. The minimum atomic E-state index is -0.0125. The van der Waals surface area contributed by atoms with Crippen LogP contribution in [-0.4, -0.2) is 10.2 Å². The molecular weight excluding hydrogens is 262 g/mol. The van der Waals surface area contributed by atoms with Crippen molar-refractivity contribution in [3.8, 4) is 11.1 Å². The summed E-state index contributed by atoms with van der Waals surface area (Å²) >= 11 is 0. The first-order chi connectivity index (χ1) is 8.69. The van der Waals surface area contributed by atoms with E-state index < -0.39 is 0 Å². The fourth-order valence-electron chi connectivity index (χ4n) is 2.11. The molecule has 0 bridgehead atoms. The first-order valence-electron chi connectivity index (χ1n) is 5.65. The highest BCUT2D eigenvalue weighted by Crippen LogP contribution is 2.27. The molecule has 0 spiro atoms. The van der Waals surface area contributed by atoms with Crippen molar-refractivity contribution >= 4 is 29.1 Å². The van der Waals surface area contributed by atoms with E-state index in [-0.39, 0.29) is 13.2 Å². The van der Waals surface area contributed by atoms with Crippen LogP contribution in [0.4, 0.5) is 0 Å². The highest BCUT2D eigenvalue weighted by atomic mass is 31.0. The molecule has 94 valence electrons. The Bertz CT molecular complexity index is 516. The molecule has 2 aromatic rings. The Hall–Kier alpha value is -0.780. The van der Waals surface area contributed by atoms with Gasteiger partial charge in [0.15, 0.2) is 0 Å². The third kappa shape index (κ3) is 2.48. The van der Waals surface area contributed by atoms with Gasteiger partial charge in [0.2, 0.25) is 0 Å². The van der Waals surface area contributed by atoms with E-state index in [2.05, 4.69) is 18.5 Å². The minimum absolute atomic E-state index is 0.0125. The summed E-state index contributed by atoms with van der Waals surface area (Å²) in [7, 11) is 5.37. The molecule has 18 heavy (non-hydrogen) atoms. The van der Waals surface area contributed by atoms with Crippen LogP contribution in [0, 0.1) is 0 Å². The van der Waals surface area contributed by atoms with Crippen molar-refractivity contribution < 1.29 is 10.2 Å². The molecule has 2 unspecified atom stereocenters. The lowest BCUT2D eigenvalue weighted by Gasteiger charge is -2.16. The number of aliphatic hydroxyl groups excluding tert-OH is 2. The number of hydrogen-bond acceptors (Lipinski definition) is 2. The summed E-state index contributed by atoms with van der Waals surface area (Å²) in [6, 6.07) is 11.6. The number of aliphatic hydroxyl groups is 2. The van der Waals surface area contributed by atoms with Crippen LogP contribution in [0.15, 0.2) is 36.4 Å². The number of hydrogen-bond donors (Lipinski definition) is 2. The molecule has 0 aliphatic carbocycles. The van der Waals surface area contributed by atoms with E-state index in [1.54, 1.807) is 0 Å². The molecule has 0 fully saturated rings. The molecule has 0 saturated heterocycles. The van der Waals surface area contributed by atoms with Gasteiger partial charge in [-0.05, 0) is 32.9 Å². The van der Waals surface area contributed by atoms with Crippen LogP contribution in [0.2, 0.25) is 0 Å². The van der Waals surface area contributed by atoms with Gasteiger partial charge >= 0.3 is 0 Å². The highest BCUT2D eigenvalue weighted by molar-refractivity contribution is 7.29. The van der Waals surface area contributed by atoms with E-state index in [0.29, 0.717) is 0 Å². The zero-order chi connectivity index (χ0) is 13.1. The second-order valence-electron chi connectivity index (χ2n) is 4.08. The standard InChI is InChI=1S/C14H16O2P2/c15-7-9-3-1-5-11(17)13(9)14-10(8-16)4-2-6-12(14)18/h1-6,15-16H,7-8,17-18H2. The topological polar surface area (TPSA) is 40.5 Å². The smallest absolute Gasteiger partial charge is 0.0688 e. The average molecular weight is 278 g/mol. The molecule has 0 saturated carbocycles. The third-order valence-corrected chi connectivity index (χ3v) is 3.92. The van der Waals surface area contributed by atoms with Gasteiger partial charge in [0.05, 0.1) is 13.2 Å². The molecular formula is C14H16O2P2. The lowest BCUT2D eigenvalue weighted by molar-refractivity contribution is 0.280. The summed E-state index contributed by atoms with van der Waals surface area (Å²) in [4.78, 5) is 0. The van der Waals surface area contributed by atoms with Gasteiger partial charge in [0.1, 0.15) is 0 Å². The van der Waals surface area contributed by atoms with Gasteiger partial charge in [-0.1, -0.05) is 36.4 Å². The SMILES string of the molecule is OCc1cccc(P)c1-c1c(P)cccc1CO. The van der Waals surface area contributed by atoms with Gasteiger partial charge in [-0.15, -0.1) is 18.5 Å². The lowest BCUT2D eigenvalue weighted by Crippen LogP contribution is -2.10. The van der Waals surface area contributed by atoms with Gasteiger partial charge in [0, 0.05) is 0 Å². The summed E-state index contributed by atoms with van der Waals surface area (Å²) in [5.74, 6) is 0. The zero-order valence-electron chi connectivity index (χ0n) is 9.93. The second-order valence-corrected chi connectivity index (χ2v) is 5.32. The van der Waals surface area contributed by atoms with E-state index in [0.717, 1.165) is 32.9 Å². The van der Waals surface area contributed by atoms with E-state index in [4.69, 9.17) is 0 Å². The van der Waals surface area contributed by atoms with Crippen molar-refractivity contribution in [1.29, 1.82) is 0 Å². The minimum Gasteiger partial charge on any atom is -0.392 e. The Morgan fingerprint density at radius 1 is 0.722 bits per heavy atom. The molecule has 2 aromatic carbocycles. The van der Waals surface area contributed by atoms with Crippen LogP contribution in [-0.2, 0) is 13.2 Å². The van der Waals surface area contributed by atoms with Crippen molar-refractivity contribution in [3.63, 3.8) is 0 Å². The van der Waals surface area contributed by atoms with Crippen LogP contribution in [0.1, 0.15) is 11.1 Å². The van der Waals surface area contributed by atoms with E-state index >= 15 is 0 Å². The van der Waals surface area contributed by atoms with Crippen LogP contribution in [0.5, 0.6) is 0 Å². The van der Waals surface area contributed by atoms with Gasteiger partial charge < -0.3 is 10.2 Å². The first kappa shape index (κ1) is 13.6. The second kappa shape index (κ2) is 5.91. The summed E-state index contributed by atoms with van der Waals surface area (Å²) in [5, 5.41) is 21.0. The van der Waals surface area contributed by atoms with Gasteiger partial charge in [-0.25, -0.2) is 0 Å². The lowest BCUT2D eigenvalue weighted by atomic mass is 9.95. The number of rotatable bonds is 3. The fourth-order valence-corrected chi connectivity index (χ4v) is 2.99. The van der Waals surface area contributed by atoms with Crippen LogP contribution < -0.4 is 10.6 Å². The van der Waals surface area contributed by atoms with Crippen molar-refractivity contribution in [2.24, 2.45) is 0 Å². The van der Waals surface area contributed by atoms with Crippen LogP contribution in [0.25, 0.3) is 11.1 Å².